The molecule has 2 atom stereocenters. The van der Waals surface area contributed by atoms with Crippen LogP contribution in [0.4, 0.5) is 0 Å². The van der Waals surface area contributed by atoms with Gasteiger partial charge in [-0.3, -0.25) is 9.69 Å². The first-order valence-corrected chi connectivity index (χ1v) is 7.32. The molecule has 0 saturated carbocycles. The predicted octanol–water partition coefficient (Wildman–Crippen LogP) is 2.77. The van der Waals surface area contributed by atoms with Crippen molar-refractivity contribution in [1.29, 1.82) is 0 Å². The largest absolute Gasteiger partial charge is 0.481 e. The van der Waals surface area contributed by atoms with Gasteiger partial charge in [-0.1, -0.05) is 13.8 Å². The van der Waals surface area contributed by atoms with Crippen LogP contribution in [0.3, 0.4) is 0 Å². The third kappa shape index (κ3) is 5.11. The van der Waals surface area contributed by atoms with Gasteiger partial charge in [0.15, 0.2) is 0 Å². The summed E-state index contributed by atoms with van der Waals surface area (Å²) in [6, 6.07) is 0.431. The Morgan fingerprint density at radius 1 is 1.42 bits per heavy atom. The molecule has 0 spiro atoms. The molecule has 0 aliphatic carbocycles. The Bertz CT molecular complexity index is 296. The number of hydrogen-bond donors (Lipinski definition) is 1. The Labute approximate surface area is 117 Å². The first-order valence-electron chi connectivity index (χ1n) is 7.32. The van der Waals surface area contributed by atoms with E-state index in [1.165, 1.54) is 0 Å². The lowest BCUT2D eigenvalue weighted by molar-refractivity contribution is -0.138. The number of nitrogens with zero attached hydrogens (tertiary/aromatic N) is 1. The minimum absolute atomic E-state index is 0.00101. The number of carboxylic acids is 1. The van der Waals surface area contributed by atoms with Gasteiger partial charge < -0.3 is 9.84 Å². The molecule has 1 rings (SSSR count). The maximum Gasteiger partial charge on any atom is 0.304 e. The van der Waals surface area contributed by atoms with Crippen LogP contribution in [-0.2, 0) is 9.53 Å². The zero-order chi connectivity index (χ0) is 14.6. The summed E-state index contributed by atoms with van der Waals surface area (Å²) in [5.41, 5.74) is -0.00101. The number of hydrogen-bond acceptors (Lipinski definition) is 3. The smallest absolute Gasteiger partial charge is 0.304 e. The summed E-state index contributed by atoms with van der Waals surface area (Å²) in [6.07, 6.45) is 2.52. The first-order chi connectivity index (χ1) is 8.71. The van der Waals surface area contributed by atoms with Crippen LogP contribution >= 0.6 is 0 Å². The van der Waals surface area contributed by atoms with E-state index < -0.39 is 5.97 Å². The standard InChI is InChI=1S/C15H29NO3/c1-11(2)13-10-12(7-9-19-13)16(15(3,4)5)8-6-14(17)18/h11-13H,6-10H2,1-5H3,(H,17,18). The molecule has 0 radical (unpaired) electrons. The maximum absolute atomic E-state index is 10.8. The van der Waals surface area contributed by atoms with Crippen LogP contribution in [0.25, 0.3) is 0 Å². The van der Waals surface area contributed by atoms with E-state index >= 15 is 0 Å². The van der Waals surface area contributed by atoms with E-state index in [1.54, 1.807) is 0 Å². The van der Waals surface area contributed by atoms with Gasteiger partial charge in [-0.2, -0.15) is 0 Å². The number of ether oxygens (including phenoxy) is 1. The molecular formula is C15H29NO3. The van der Waals surface area contributed by atoms with Crippen molar-refractivity contribution < 1.29 is 14.6 Å². The van der Waals surface area contributed by atoms with Gasteiger partial charge in [0.25, 0.3) is 0 Å². The Morgan fingerprint density at radius 2 is 2.05 bits per heavy atom. The molecule has 1 saturated heterocycles. The Hall–Kier alpha value is -0.610. The lowest BCUT2D eigenvalue weighted by atomic mass is 9.91. The molecule has 0 aromatic rings. The lowest BCUT2D eigenvalue weighted by Crippen LogP contribution is -2.52. The molecule has 1 aliphatic heterocycles. The van der Waals surface area contributed by atoms with Crippen LogP contribution in [0.1, 0.15) is 53.9 Å². The fourth-order valence-corrected chi connectivity index (χ4v) is 2.84. The summed E-state index contributed by atoms with van der Waals surface area (Å²) in [4.78, 5) is 13.2. The summed E-state index contributed by atoms with van der Waals surface area (Å²) in [5, 5.41) is 8.92. The molecule has 4 nitrogen and oxygen atoms in total. The van der Waals surface area contributed by atoms with Crippen LogP contribution in [0.2, 0.25) is 0 Å². The fourth-order valence-electron chi connectivity index (χ4n) is 2.84. The van der Waals surface area contributed by atoms with Crippen molar-refractivity contribution in [3.05, 3.63) is 0 Å². The van der Waals surface area contributed by atoms with Crippen molar-refractivity contribution in [3.63, 3.8) is 0 Å². The number of rotatable bonds is 5. The molecule has 0 bridgehead atoms. The average molecular weight is 271 g/mol. The molecule has 1 aliphatic rings. The first kappa shape index (κ1) is 16.4. The molecule has 1 fully saturated rings. The summed E-state index contributed by atoms with van der Waals surface area (Å²) in [5.74, 6) is -0.203. The van der Waals surface area contributed by atoms with Crippen molar-refractivity contribution in [2.45, 2.75) is 71.6 Å². The average Bonchev–Trinajstić information content (AvgIpc) is 2.27. The predicted molar refractivity (Wildman–Crippen MR) is 76.3 cm³/mol. The van der Waals surface area contributed by atoms with Crippen molar-refractivity contribution in [1.82, 2.24) is 4.90 Å². The van der Waals surface area contributed by atoms with Gasteiger partial charge in [0.05, 0.1) is 12.5 Å². The highest BCUT2D eigenvalue weighted by Crippen LogP contribution is 2.28. The van der Waals surface area contributed by atoms with Crippen LogP contribution in [-0.4, -0.2) is 46.8 Å². The topological polar surface area (TPSA) is 49.8 Å². The van der Waals surface area contributed by atoms with Gasteiger partial charge in [-0.15, -0.1) is 0 Å². The number of carbonyl (C=O) groups is 1. The highest BCUT2D eigenvalue weighted by molar-refractivity contribution is 5.66. The second-order valence-corrected chi connectivity index (χ2v) is 6.84. The molecule has 1 heterocycles. The van der Waals surface area contributed by atoms with Crippen molar-refractivity contribution >= 4 is 5.97 Å². The molecule has 4 heteroatoms. The van der Waals surface area contributed by atoms with Crippen LogP contribution in [0.15, 0.2) is 0 Å². The summed E-state index contributed by atoms with van der Waals surface area (Å²) in [7, 11) is 0. The fraction of sp³-hybridized carbons (Fsp3) is 0.933. The maximum atomic E-state index is 10.8. The van der Waals surface area contributed by atoms with Gasteiger partial charge in [0, 0.05) is 24.7 Å². The number of carboxylic acid groups (broad SMARTS) is 1. The van der Waals surface area contributed by atoms with Gasteiger partial charge in [-0.25, -0.2) is 0 Å². The Morgan fingerprint density at radius 3 is 2.53 bits per heavy atom. The number of aliphatic carboxylic acids is 1. The molecule has 112 valence electrons. The minimum Gasteiger partial charge on any atom is -0.481 e. The Kier molecular flexibility index (Phi) is 5.81. The van der Waals surface area contributed by atoms with E-state index in [1.807, 2.05) is 0 Å². The van der Waals surface area contributed by atoms with Crippen molar-refractivity contribution in [2.24, 2.45) is 5.92 Å². The Balaban J connectivity index is 2.71. The molecule has 2 unspecified atom stereocenters. The van der Waals surface area contributed by atoms with E-state index in [0.717, 1.165) is 19.4 Å². The third-order valence-electron chi connectivity index (χ3n) is 3.90. The zero-order valence-electron chi connectivity index (χ0n) is 13.0. The summed E-state index contributed by atoms with van der Waals surface area (Å²) >= 11 is 0. The van der Waals surface area contributed by atoms with Gasteiger partial charge >= 0.3 is 5.97 Å². The van der Waals surface area contributed by atoms with Gasteiger partial charge in [0.1, 0.15) is 0 Å². The highest BCUT2D eigenvalue weighted by atomic mass is 16.5. The normalized spacial score (nSPS) is 25.0. The lowest BCUT2D eigenvalue weighted by Gasteiger charge is -2.45. The highest BCUT2D eigenvalue weighted by Gasteiger charge is 2.34. The van der Waals surface area contributed by atoms with E-state index in [0.29, 0.717) is 24.6 Å². The van der Waals surface area contributed by atoms with E-state index in [-0.39, 0.29) is 12.0 Å². The monoisotopic (exact) mass is 271 g/mol. The molecule has 0 aromatic heterocycles. The van der Waals surface area contributed by atoms with Crippen molar-refractivity contribution in [2.75, 3.05) is 13.2 Å². The zero-order valence-corrected chi connectivity index (χ0v) is 13.0. The van der Waals surface area contributed by atoms with Crippen molar-refractivity contribution in [3.8, 4) is 0 Å². The van der Waals surface area contributed by atoms with Crippen LogP contribution in [0.5, 0.6) is 0 Å². The van der Waals surface area contributed by atoms with Crippen LogP contribution in [0, 0.1) is 5.92 Å². The SMILES string of the molecule is CC(C)C1CC(N(CCC(=O)O)C(C)(C)C)CCO1. The quantitative estimate of drug-likeness (QED) is 0.835. The molecule has 0 amide bonds. The third-order valence-corrected chi connectivity index (χ3v) is 3.90. The van der Waals surface area contributed by atoms with E-state index in [2.05, 4.69) is 39.5 Å². The molecular weight excluding hydrogens is 242 g/mol. The molecule has 1 N–H and O–H groups in total. The van der Waals surface area contributed by atoms with Gasteiger partial charge in [-0.05, 0) is 39.5 Å². The van der Waals surface area contributed by atoms with E-state index in [9.17, 15) is 4.79 Å². The molecule has 0 aromatic carbocycles. The molecule has 19 heavy (non-hydrogen) atoms. The second kappa shape index (κ2) is 6.71. The van der Waals surface area contributed by atoms with Gasteiger partial charge in [0.2, 0.25) is 0 Å². The minimum atomic E-state index is -0.721. The van der Waals surface area contributed by atoms with E-state index in [4.69, 9.17) is 9.84 Å². The summed E-state index contributed by atoms with van der Waals surface area (Å²) < 4.78 is 5.82. The second-order valence-electron chi connectivity index (χ2n) is 6.84. The van der Waals surface area contributed by atoms with Crippen LogP contribution < -0.4 is 0 Å². The summed E-state index contributed by atoms with van der Waals surface area (Å²) in [6.45, 7) is 12.3.